The SMILES string of the molecule is COc1ccc(O)c(C(=O)Nc2cc(C#N)ccc2C)c1. The molecule has 2 rings (SSSR count). The van der Waals surface area contributed by atoms with Crippen LogP contribution >= 0.6 is 0 Å². The van der Waals surface area contributed by atoms with Gasteiger partial charge in [-0.25, -0.2) is 0 Å². The van der Waals surface area contributed by atoms with Crippen molar-refractivity contribution in [1.29, 1.82) is 5.26 Å². The van der Waals surface area contributed by atoms with Gasteiger partial charge in [-0.3, -0.25) is 4.79 Å². The number of amides is 1. The van der Waals surface area contributed by atoms with Crippen LogP contribution in [0.1, 0.15) is 21.5 Å². The summed E-state index contributed by atoms with van der Waals surface area (Å²) in [6, 6.07) is 11.4. The maximum Gasteiger partial charge on any atom is 0.259 e. The zero-order valence-electron chi connectivity index (χ0n) is 11.7. The average Bonchev–Trinajstić information content (AvgIpc) is 2.49. The van der Waals surface area contributed by atoms with Crippen LogP contribution in [0, 0.1) is 18.3 Å². The summed E-state index contributed by atoms with van der Waals surface area (Å²) < 4.78 is 5.04. The fraction of sp³-hybridized carbons (Fsp3) is 0.125. The second-order valence-corrected chi connectivity index (χ2v) is 4.48. The number of nitriles is 1. The Balaban J connectivity index is 2.32. The first-order valence-corrected chi connectivity index (χ1v) is 6.24. The van der Waals surface area contributed by atoms with Crippen molar-refractivity contribution in [2.24, 2.45) is 0 Å². The van der Waals surface area contributed by atoms with Crippen molar-refractivity contribution in [1.82, 2.24) is 0 Å². The Bertz CT molecular complexity index is 733. The molecule has 0 atom stereocenters. The van der Waals surface area contributed by atoms with Crippen molar-refractivity contribution in [3.63, 3.8) is 0 Å². The molecule has 0 saturated heterocycles. The van der Waals surface area contributed by atoms with Gasteiger partial charge < -0.3 is 15.2 Å². The quantitative estimate of drug-likeness (QED) is 0.906. The third kappa shape index (κ3) is 3.12. The highest BCUT2D eigenvalue weighted by Gasteiger charge is 2.14. The molecule has 0 aliphatic rings. The van der Waals surface area contributed by atoms with Crippen molar-refractivity contribution in [2.45, 2.75) is 6.92 Å². The molecule has 2 aromatic rings. The van der Waals surface area contributed by atoms with E-state index in [1.807, 2.05) is 13.0 Å². The number of ether oxygens (including phenoxy) is 1. The molecule has 0 aromatic heterocycles. The molecule has 0 spiro atoms. The molecule has 5 heteroatoms. The molecule has 0 fully saturated rings. The van der Waals surface area contributed by atoms with Crippen LogP contribution in [0.5, 0.6) is 11.5 Å². The number of nitrogens with zero attached hydrogens (tertiary/aromatic N) is 1. The van der Waals surface area contributed by atoms with E-state index < -0.39 is 5.91 Å². The van der Waals surface area contributed by atoms with Gasteiger partial charge in [0.1, 0.15) is 11.5 Å². The summed E-state index contributed by atoms with van der Waals surface area (Å²) in [7, 11) is 1.48. The number of carbonyl (C=O) groups excluding carboxylic acids is 1. The number of phenols is 1. The van der Waals surface area contributed by atoms with Gasteiger partial charge in [0.05, 0.1) is 24.3 Å². The number of phenolic OH excluding ortho intramolecular Hbond substituents is 1. The van der Waals surface area contributed by atoms with E-state index in [1.165, 1.54) is 19.2 Å². The van der Waals surface area contributed by atoms with Gasteiger partial charge >= 0.3 is 0 Å². The molecule has 2 aromatic carbocycles. The van der Waals surface area contributed by atoms with Gasteiger partial charge in [-0.15, -0.1) is 0 Å². The maximum absolute atomic E-state index is 12.2. The number of benzene rings is 2. The summed E-state index contributed by atoms with van der Waals surface area (Å²) in [4.78, 5) is 12.2. The fourth-order valence-electron chi connectivity index (χ4n) is 1.84. The monoisotopic (exact) mass is 282 g/mol. The van der Waals surface area contributed by atoms with Crippen LogP contribution in [-0.2, 0) is 0 Å². The molecule has 0 saturated carbocycles. The third-order valence-electron chi connectivity index (χ3n) is 3.06. The summed E-state index contributed by atoms with van der Waals surface area (Å²) >= 11 is 0. The number of anilines is 1. The molecule has 2 N–H and O–H groups in total. The minimum atomic E-state index is -0.468. The van der Waals surface area contributed by atoms with Crippen LogP contribution < -0.4 is 10.1 Å². The van der Waals surface area contributed by atoms with E-state index in [9.17, 15) is 9.90 Å². The number of carbonyl (C=O) groups is 1. The second kappa shape index (κ2) is 5.97. The van der Waals surface area contributed by atoms with Crippen LogP contribution in [0.2, 0.25) is 0 Å². The van der Waals surface area contributed by atoms with Crippen molar-refractivity contribution in [3.8, 4) is 17.6 Å². The zero-order chi connectivity index (χ0) is 15.4. The normalized spacial score (nSPS) is 9.76. The summed E-state index contributed by atoms with van der Waals surface area (Å²) in [5.74, 6) is -0.132. The third-order valence-corrected chi connectivity index (χ3v) is 3.06. The number of nitrogens with one attached hydrogen (secondary N) is 1. The van der Waals surface area contributed by atoms with Gasteiger partial charge in [0.2, 0.25) is 0 Å². The Kier molecular flexibility index (Phi) is 4.10. The molecular weight excluding hydrogens is 268 g/mol. The summed E-state index contributed by atoms with van der Waals surface area (Å²) in [5.41, 5.74) is 1.91. The van der Waals surface area contributed by atoms with E-state index in [0.717, 1.165) is 5.56 Å². The minimum absolute atomic E-state index is 0.108. The van der Waals surface area contributed by atoms with Crippen LogP contribution in [0.4, 0.5) is 5.69 Å². The molecule has 0 bridgehead atoms. The summed E-state index contributed by atoms with van der Waals surface area (Å²) in [6.45, 7) is 1.82. The maximum atomic E-state index is 12.2. The van der Waals surface area contributed by atoms with Gasteiger partial charge in [-0.1, -0.05) is 6.07 Å². The summed E-state index contributed by atoms with van der Waals surface area (Å²) in [5, 5.41) is 21.4. The first-order chi connectivity index (χ1) is 10.0. The number of aromatic hydroxyl groups is 1. The standard InChI is InChI=1S/C16H14N2O3/c1-10-3-4-11(9-17)7-14(10)18-16(20)13-8-12(21-2)5-6-15(13)19/h3-8,19H,1-2H3,(H,18,20). The highest BCUT2D eigenvalue weighted by molar-refractivity contribution is 6.06. The van der Waals surface area contributed by atoms with E-state index in [4.69, 9.17) is 10.00 Å². The van der Waals surface area contributed by atoms with Gasteiger partial charge in [-0.2, -0.15) is 5.26 Å². The van der Waals surface area contributed by atoms with Gasteiger partial charge in [0.15, 0.2) is 0 Å². The lowest BCUT2D eigenvalue weighted by molar-refractivity contribution is 0.102. The summed E-state index contributed by atoms with van der Waals surface area (Å²) in [6.07, 6.45) is 0. The highest BCUT2D eigenvalue weighted by atomic mass is 16.5. The molecule has 0 heterocycles. The van der Waals surface area contributed by atoms with Crippen LogP contribution in [-0.4, -0.2) is 18.1 Å². The fourth-order valence-corrected chi connectivity index (χ4v) is 1.84. The molecule has 21 heavy (non-hydrogen) atoms. The number of aryl methyl sites for hydroxylation is 1. The predicted octanol–water partition coefficient (Wildman–Crippen LogP) is 2.83. The highest BCUT2D eigenvalue weighted by Crippen LogP contribution is 2.25. The van der Waals surface area contributed by atoms with Crippen LogP contribution in [0.25, 0.3) is 0 Å². The Labute approximate surface area is 122 Å². The van der Waals surface area contributed by atoms with Gasteiger partial charge in [0, 0.05) is 5.69 Å². The molecular formula is C16H14N2O3. The van der Waals surface area contributed by atoms with E-state index >= 15 is 0 Å². The Morgan fingerprint density at radius 3 is 2.71 bits per heavy atom. The lowest BCUT2D eigenvalue weighted by Crippen LogP contribution is -2.13. The number of hydrogen-bond acceptors (Lipinski definition) is 4. The van der Waals surface area contributed by atoms with Crippen LogP contribution in [0.3, 0.4) is 0 Å². The largest absolute Gasteiger partial charge is 0.507 e. The van der Waals surface area contributed by atoms with E-state index in [0.29, 0.717) is 17.0 Å². The first-order valence-electron chi connectivity index (χ1n) is 6.24. The Morgan fingerprint density at radius 1 is 1.29 bits per heavy atom. The minimum Gasteiger partial charge on any atom is -0.507 e. The van der Waals surface area contributed by atoms with Crippen molar-refractivity contribution in [2.75, 3.05) is 12.4 Å². The molecule has 0 aliphatic carbocycles. The molecule has 1 amide bonds. The molecule has 0 radical (unpaired) electrons. The topological polar surface area (TPSA) is 82.3 Å². The lowest BCUT2D eigenvalue weighted by Gasteiger charge is -2.10. The van der Waals surface area contributed by atoms with Crippen LogP contribution in [0.15, 0.2) is 36.4 Å². The molecule has 0 aliphatic heterocycles. The van der Waals surface area contributed by atoms with E-state index in [2.05, 4.69) is 5.32 Å². The van der Waals surface area contributed by atoms with Gasteiger partial charge in [-0.05, 0) is 42.8 Å². The van der Waals surface area contributed by atoms with Crippen molar-refractivity contribution in [3.05, 3.63) is 53.1 Å². The van der Waals surface area contributed by atoms with Crippen molar-refractivity contribution < 1.29 is 14.6 Å². The lowest BCUT2D eigenvalue weighted by atomic mass is 10.1. The smallest absolute Gasteiger partial charge is 0.259 e. The van der Waals surface area contributed by atoms with E-state index in [1.54, 1.807) is 24.3 Å². The predicted molar refractivity (Wildman–Crippen MR) is 78.5 cm³/mol. The van der Waals surface area contributed by atoms with E-state index in [-0.39, 0.29) is 11.3 Å². The number of hydrogen-bond donors (Lipinski definition) is 2. The average molecular weight is 282 g/mol. The molecule has 106 valence electrons. The first kappa shape index (κ1) is 14.4. The second-order valence-electron chi connectivity index (χ2n) is 4.48. The van der Waals surface area contributed by atoms with Crippen molar-refractivity contribution >= 4 is 11.6 Å². The molecule has 0 unspecified atom stereocenters. The number of methoxy groups -OCH3 is 1. The zero-order valence-corrected chi connectivity index (χ0v) is 11.7. The Hall–Kier alpha value is -3.00. The Morgan fingerprint density at radius 2 is 2.05 bits per heavy atom. The molecule has 5 nitrogen and oxygen atoms in total. The number of rotatable bonds is 3. The van der Waals surface area contributed by atoms with Gasteiger partial charge in [0.25, 0.3) is 5.91 Å².